The summed E-state index contributed by atoms with van der Waals surface area (Å²) in [6.07, 6.45) is 6.40. The van der Waals surface area contributed by atoms with Gasteiger partial charge < -0.3 is 0 Å². The zero-order valence-electron chi connectivity index (χ0n) is 47.5. The molecule has 0 saturated heterocycles. The van der Waals surface area contributed by atoms with E-state index in [0.717, 1.165) is 17.9 Å². The first-order chi connectivity index (χ1) is 36.5. The van der Waals surface area contributed by atoms with Crippen molar-refractivity contribution >= 4 is 46.0 Å². The van der Waals surface area contributed by atoms with Crippen molar-refractivity contribution in [3.05, 3.63) is 234 Å². The summed E-state index contributed by atoms with van der Waals surface area (Å²) in [6, 6.07) is 51.9. The quantitative estimate of drug-likeness (QED) is 0.141. The zero-order valence-corrected chi connectivity index (χ0v) is 47.5. The van der Waals surface area contributed by atoms with Gasteiger partial charge in [-0.25, -0.2) is 4.98 Å². The van der Waals surface area contributed by atoms with Crippen LogP contribution in [0.2, 0.25) is 0 Å². The van der Waals surface area contributed by atoms with Gasteiger partial charge in [0.05, 0.1) is 33.3 Å². The highest BCUT2D eigenvalue weighted by molar-refractivity contribution is 6.95. The molecule has 2 atom stereocenters. The van der Waals surface area contributed by atoms with Crippen molar-refractivity contribution in [2.75, 3.05) is 4.90 Å². The first-order valence-corrected chi connectivity index (χ1v) is 28.6. The van der Waals surface area contributed by atoms with Crippen molar-refractivity contribution < 1.29 is 0 Å². The topological polar surface area (TPSA) is 21.1 Å². The Kier molecular flexibility index (Phi) is 8.42. The van der Waals surface area contributed by atoms with Crippen LogP contribution in [0.4, 0.5) is 11.6 Å². The van der Waals surface area contributed by atoms with Crippen LogP contribution in [0.3, 0.4) is 0 Å². The number of aromatic nitrogens is 2. The number of hydrogen-bond donors (Lipinski definition) is 0. The fourth-order valence-electron chi connectivity index (χ4n) is 16.2. The lowest BCUT2D eigenvalue weighted by molar-refractivity contribution is 0.462. The maximum absolute atomic E-state index is 5.89. The van der Waals surface area contributed by atoms with Crippen molar-refractivity contribution in [3.8, 4) is 22.3 Å². The van der Waals surface area contributed by atoms with Crippen molar-refractivity contribution in [2.45, 2.75) is 130 Å². The Morgan fingerprint density at radius 3 is 1.64 bits per heavy atom. The van der Waals surface area contributed by atoms with Gasteiger partial charge in [0.15, 0.2) is 0 Å². The Balaban J connectivity index is 1.16. The highest BCUT2D eigenvalue weighted by atomic mass is 15.4. The number of imidazole rings is 1. The first-order valence-electron chi connectivity index (χ1n) is 28.6. The van der Waals surface area contributed by atoms with Crippen LogP contribution in [0.1, 0.15) is 156 Å². The molecule has 16 rings (SSSR count). The molecular weight excluding hydrogens is 930 g/mol. The fraction of sp³-hybridized carbons (Fsp3) is 0.301. The molecule has 378 valence electrons. The van der Waals surface area contributed by atoms with Gasteiger partial charge in [-0.3, -0.25) is 9.47 Å². The Bertz CT molecular complexity index is 4200. The van der Waals surface area contributed by atoms with E-state index < -0.39 is 10.8 Å². The highest BCUT2D eigenvalue weighted by Crippen LogP contribution is 2.68. The molecule has 4 heteroatoms. The number of benzene rings is 7. The Hall–Kier alpha value is -7.17. The largest absolute Gasteiger partial charge is 0.281 e. The Labute approximate surface area is 456 Å². The van der Waals surface area contributed by atoms with Gasteiger partial charge in [0.1, 0.15) is 0 Å². The van der Waals surface area contributed by atoms with E-state index in [1.54, 1.807) is 0 Å². The van der Waals surface area contributed by atoms with Crippen LogP contribution >= 0.6 is 0 Å². The third-order valence-electron chi connectivity index (χ3n) is 20.1. The molecule has 0 bridgehead atoms. The van der Waals surface area contributed by atoms with Crippen LogP contribution in [0.5, 0.6) is 0 Å². The SMILES string of the molecule is Cc1cc2nc3n(c2cc1C)C1=C2C4=C5B6c7c(cccc7C7(c8cc(C(C)(C)C)ccc8-c8ccc(C(C)(C)C)cc87)c7cccc(c76)C6(C5=CC2CC(C(C)(C)C)=C1)c1ccccc1-c1ccc(C(C)(C)C)cc16)N43. The Morgan fingerprint density at radius 1 is 0.519 bits per heavy atom. The van der Waals surface area contributed by atoms with Gasteiger partial charge in [0.25, 0.3) is 0 Å². The summed E-state index contributed by atoms with van der Waals surface area (Å²) >= 11 is 0. The van der Waals surface area contributed by atoms with E-state index in [4.69, 9.17) is 4.98 Å². The maximum Gasteiger partial charge on any atom is 0.248 e. The molecule has 8 aliphatic rings. The second kappa shape index (κ2) is 14.1. The molecular formula is C73H68BN3. The molecule has 1 aromatic heterocycles. The van der Waals surface area contributed by atoms with Crippen molar-refractivity contribution in [1.82, 2.24) is 9.55 Å². The molecule has 77 heavy (non-hydrogen) atoms. The number of allylic oxidation sites excluding steroid dienone is 7. The summed E-state index contributed by atoms with van der Waals surface area (Å²) in [5.41, 5.74) is 35.5. The number of fused-ring (bicyclic) bond motifs is 20. The van der Waals surface area contributed by atoms with Crippen LogP contribution in [0, 0.1) is 25.2 Å². The molecule has 0 amide bonds. The average Bonchev–Trinajstić information content (AvgIpc) is 3.77. The zero-order chi connectivity index (χ0) is 53.2. The minimum atomic E-state index is -0.629. The van der Waals surface area contributed by atoms with Gasteiger partial charge in [-0.1, -0.05) is 209 Å². The lowest BCUT2D eigenvalue weighted by atomic mass is 9.23. The van der Waals surface area contributed by atoms with Gasteiger partial charge >= 0.3 is 0 Å². The molecule has 2 spiro atoms. The van der Waals surface area contributed by atoms with E-state index in [1.807, 2.05) is 0 Å². The standard InChI is InChI=1S/C73H68BN3/c1-39-31-58-60(32-40(39)2)76-61-38-45(71(12,13)14)33-41-34-57-65-66(62(41)61)77(67(76)75-58)59-24-18-23-53-64(59)74(65)63-51(72(57)50-20-16-15-19-46(50)47-28-25-42(35-54(47)72)68(3,4)5)21-17-22-52(63)73(53)55-36-43(69(6,7)8)26-29-48(55)49-30-27-44(37-56(49)73)70(9,10)11/h15-32,34-38,41H,33H2,1-14H3. The van der Waals surface area contributed by atoms with Crippen LogP contribution < -0.4 is 15.8 Å². The number of hydrogen-bond acceptors (Lipinski definition) is 2. The van der Waals surface area contributed by atoms with Crippen LogP contribution in [-0.2, 0) is 27.1 Å². The fourth-order valence-corrected chi connectivity index (χ4v) is 16.2. The van der Waals surface area contributed by atoms with Crippen LogP contribution in [0.15, 0.2) is 167 Å². The summed E-state index contributed by atoms with van der Waals surface area (Å²) in [7, 11) is 0. The monoisotopic (exact) mass is 998 g/mol. The molecule has 0 N–H and O–H groups in total. The second-order valence-corrected chi connectivity index (χ2v) is 28.4. The van der Waals surface area contributed by atoms with E-state index in [2.05, 4.69) is 246 Å². The highest BCUT2D eigenvalue weighted by Gasteiger charge is 2.65. The van der Waals surface area contributed by atoms with E-state index in [0.29, 0.717) is 0 Å². The number of aryl methyl sites for hydroxylation is 2. The molecule has 3 nitrogen and oxygen atoms in total. The summed E-state index contributed by atoms with van der Waals surface area (Å²) in [5.74, 6) is 1.14. The van der Waals surface area contributed by atoms with E-state index in [-0.39, 0.29) is 34.3 Å². The van der Waals surface area contributed by atoms with E-state index in [1.165, 1.54) is 145 Å². The predicted octanol–water partition coefficient (Wildman–Crippen LogP) is 16.3. The van der Waals surface area contributed by atoms with Crippen molar-refractivity contribution in [1.29, 1.82) is 0 Å². The number of anilines is 2. The summed E-state index contributed by atoms with van der Waals surface area (Å²) < 4.78 is 2.58. The second-order valence-electron chi connectivity index (χ2n) is 28.4. The molecule has 4 aliphatic carbocycles. The van der Waals surface area contributed by atoms with Crippen LogP contribution in [-0.4, -0.2) is 16.3 Å². The van der Waals surface area contributed by atoms with Crippen molar-refractivity contribution in [3.63, 3.8) is 0 Å². The molecule has 7 aromatic carbocycles. The van der Waals surface area contributed by atoms with Gasteiger partial charge in [0.2, 0.25) is 12.7 Å². The summed E-state index contributed by atoms with van der Waals surface area (Å²) in [5, 5.41) is 0. The van der Waals surface area contributed by atoms with E-state index >= 15 is 0 Å². The average molecular weight is 998 g/mol. The number of nitrogens with zero attached hydrogens (tertiary/aromatic N) is 3. The molecule has 2 unspecified atom stereocenters. The minimum Gasteiger partial charge on any atom is -0.281 e. The molecule has 8 aromatic rings. The summed E-state index contributed by atoms with van der Waals surface area (Å²) in [6.45, 7) is 33.2. The summed E-state index contributed by atoms with van der Waals surface area (Å²) in [4.78, 5) is 8.59. The lowest BCUT2D eigenvalue weighted by Gasteiger charge is -2.57. The Morgan fingerprint density at radius 2 is 1.04 bits per heavy atom. The van der Waals surface area contributed by atoms with Gasteiger partial charge in [-0.15, -0.1) is 0 Å². The van der Waals surface area contributed by atoms with Gasteiger partial charge in [-0.05, 0) is 172 Å². The van der Waals surface area contributed by atoms with Gasteiger partial charge in [0, 0.05) is 17.2 Å². The third-order valence-corrected chi connectivity index (χ3v) is 20.1. The van der Waals surface area contributed by atoms with Gasteiger partial charge in [-0.2, -0.15) is 0 Å². The third kappa shape index (κ3) is 5.39. The minimum absolute atomic E-state index is 0.0182. The molecule has 0 radical (unpaired) electrons. The lowest BCUT2D eigenvalue weighted by Crippen LogP contribution is -2.67. The van der Waals surface area contributed by atoms with Crippen molar-refractivity contribution in [2.24, 2.45) is 11.3 Å². The van der Waals surface area contributed by atoms with Crippen LogP contribution in [0.25, 0.3) is 39.0 Å². The number of rotatable bonds is 0. The molecule has 4 aliphatic heterocycles. The first kappa shape index (κ1) is 46.0. The predicted molar refractivity (Wildman–Crippen MR) is 322 cm³/mol. The smallest absolute Gasteiger partial charge is 0.248 e. The van der Waals surface area contributed by atoms with E-state index in [9.17, 15) is 0 Å². The molecule has 0 fully saturated rings. The normalized spacial score (nSPS) is 20.3. The molecule has 5 heterocycles. The molecule has 0 saturated carbocycles. The maximum atomic E-state index is 5.89.